The van der Waals surface area contributed by atoms with Gasteiger partial charge in [-0.05, 0) is 18.4 Å². The maximum absolute atomic E-state index is 13.2. The normalized spacial score (nSPS) is 11.1. The molecule has 0 saturated heterocycles. The van der Waals surface area contributed by atoms with Gasteiger partial charge < -0.3 is 0 Å². The van der Waals surface area contributed by atoms with Crippen LogP contribution in [0.15, 0.2) is 17.1 Å². The van der Waals surface area contributed by atoms with Crippen LogP contribution in [-0.2, 0) is 0 Å². The van der Waals surface area contributed by atoms with Crippen LogP contribution in [0.25, 0.3) is 0 Å². The van der Waals surface area contributed by atoms with Gasteiger partial charge in [-0.2, -0.15) is 5.26 Å². The molecule has 1 aromatic carbocycles. The van der Waals surface area contributed by atoms with Crippen LogP contribution < -0.4 is 5.32 Å². The van der Waals surface area contributed by atoms with Gasteiger partial charge in [0.15, 0.2) is 28.8 Å². The van der Waals surface area contributed by atoms with E-state index in [1.807, 2.05) is 0 Å². The Kier molecular flexibility index (Phi) is 4.19. The van der Waals surface area contributed by atoms with Crippen molar-refractivity contribution in [3.63, 3.8) is 0 Å². The van der Waals surface area contributed by atoms with Gasteiger partial charge in [0.2, 0.25) is 0 Å². The summed E-state index contributed by atoms with van der Waals surface area (Å²) in [5.41, 5.74) is -0.757. The van der Waals surface area contributed by atoms with Crippen molar-refractivity contribution >= 4 is 22.6 Å². The largest absolute Gasteiger partial charge is 0.271 e. The predicted octanol–water partition coefficient (Wildman–Crippen LogP) is 2.53. The topological polar surface area (TPSA) is 48.2 Å². The van der Waals surface area contributed by atoms with E-state index in [-0.39, 0.29) is 5.17 Å². The summed E-state index contributed by atoms with van der Waals surface area (Å²) in [7, 11) is 0. The van der Waals surface area contributed by atoms with Gasteiger partial charge >= 0.3 is 0 Å². The number of amidine groups is 1. The minimum Gasteiger partial charge on any atom is -0.271 e. The van der Waals surface area contributed by atoms with E-state index in [4.69, 9.17) is 5.26 Å². The van der Waals surface area contributed by atoms with E-state index in [1.54, 1.807) is 12.4 Å². The van der Waals surface area contributed by atoms with Gasteiger partial charge in [-0.3, -0.25) is 5.32 Å². The van der Waals surface area contributed by atoms with Crippen LogP contribution in [0.5, 0.6) is 0 Å². The maximum atomic E-state index is 13.2. The molecule has 0 atom stereocenters. The minimum absolute atomic E-state index is 0.0223. The van der Waals surface area contributed by atoms with Crippen LogP contribution in [0, 0.1) is 28.9 Å². The van der Waals surface area contributed by atoms with Gasteiger partial charge in [-0.15, -0.1) is 0 Å². The molecule has 0 amide bonds. The summed E-state index contributed by atoms with van der Waals surface area (Å²) in [6, 6.07) is 1.43. The van der Waals surface area contributed by atoms with Crippen LogP contribution in [0.4, 0.5) is 18.9 Å². The molecule has 0 aliphatic heterocycles. The van der Waals surface area contributed by atoms with Gasteiger partial charge in [0.1, 0.15) is 5.69 Å². The molecule has 0 fully saturated rings. The third-order valence-electron chi connectivity index (χ3n) is 1.59. The zero-order chi connectivity index (χ0) is 12.1. The molecule has 0 saturated carbocycles. The highest BCUT2D eigenvalue weighted by molar-refractivity contribution is 8.13. The minimum atomic E-state index is -1.38. The molecule has 0 aromatic heterocycles. The molecule has 1 N–H and O–H groups in total. The smallest absolute Gasteiger partial charge is 0.187 e. The second kappa shape index (κ2) is 5.42. The van der Waals surface area contributed by atoms with Gasteiger partial charge in [0, 0.05) is 0 Å². The summed E-state index contributed by atoms with van der Waals surface area (Å²) in [6.45, 7) is 0. The molecule has 0 bridgehead atoms. The van der Waals surface area contributed by atoms with Gasteiger partial charge in [-0.25, -0.2) is 18.2 Å². The number of aliphatic imine (C=N–C) groups is 1. The lowest BCUT2D eigenvalue weighted by atomic mass is 10.3. The average molecular weight is 245 g/mol. The molecule has 0 radical (unpaired) electrons. The molecular weight excluding hydrogens is 239 g/mol. The number of nitriles is 1. The van der Waals surface area contributed by atoms with E-state index < -0.39 is 23.1 Å². The summed E-state index contributed by atoms with van der Waals surface area (Å²) in [6.07, 6.45) is 3.11. The third kappa shape index (κ3) is 2.67. The Morgan fingerprint density at radius 3 is 2.56 bits per heavy atom. The van der Waals surface area contributed by atoms with Gasteiger partial charge in [0.05, 0.1) is 0 Å². The van der Waals surface area contributed by atoms with E-state index in [2.05, 4.69) is 10.3 Å². The summed E-state index contributed by atoms with van der Waals surface area (Å²) in [5.74, 6) is -3.57. The lowest BCUT2D eigenvalue weighted by Crippen LogP contribution is -2.12. The number of hydrogen-bond acceptors (Lipinski definition) is 3. The van der Waals surface area contributed by atoms with Crippen LogP contribution in [0.1, 0.15) is 0 Å². The van der Waals surface area contributed by atoms with Crippen molar-refractivity contribution in [2.45, 2.75) is 0 Å². The maximum Gasteiger partial charge on any atom is 0.187 e. The summed E-state index contributed by atoms with van der Waals surface area (Å²) < 4.78 is 39.1. The first kappa shape index (κ1) is 12.4. The molecule has 1 aromatic rings. The standard InChI is InChI=1S/C9H6F3N3S/c1-16-9(14-4-13)15-8-6(11)3-2-5(10)7(8)12/h2-3H,1H3,(H,14,15). The number of thioether (sulfide) groups is 1. The number of hydrogen-bond donors (Lipinski definition) is 1. The molecule has 1 rings (SSSR count). The quantitative estimate of drug-likeness (QED) is 0.272. The third-order valence-corrected chi connectivity index (χ3v) is 2.17. The van der Waals surface area contributed by atoms with Crippen LogP contribution in [0.3, 0.4) is 0 Å². The first-order valence-corrected chi connectivity index (χ1v) is 5.24. The molecule has 0 heterocycles. The van der Waals surface area contributed by atoms with Crippen LogP contribution >= 0.6 is 11.8 Å². The van der Waals surface area contributed by atoms with Crippen molar-refractivity contribution in [2.75, 3.05) is 6.26 Å². The fourth-order valence-electron chi connectivity index (χ4n) is 0.893. The van der Waals surface area contributed by atoms with Crippen molar-refractivity contribution in [2.24, 2.45) is 4.99 Å². The Bertz CT molecular complexity index is 468. The molecule has 16 heavy (non-hydrogen) atoms. The van der Waals surface area contributed by atoms with Crippen molar-refractivity contribution in [1.29, 1.82) is 5.26 Å². The molecular formula is C9H6F3N3S. The monoisotopic (exact) mass is 245 g/mol. The first-order valence-electron chi connectivity index (χ1n) is 4.01. The van der Waals surface area contributed by atoms with Crippen molar-refractivity contribution in [3.05, 3.63) is 29.6 Å². The zero-order valence-electron chi connectivity index (χ0n) is 8.09. The Hall–Kier alpha value is -1.68. The fraction of sp³-hybridized carbons (Fsp3) is 0.111. The SMILES string of the molecule is CSC(=Nc1c(F)ccc(F)c1F)NC#N. The van der Waals surface area contributed by atoms with Crippen LogP contribution in [-0.4, -0.2) is 11.4 Å². The highest BCUT2D eigenvalue weighted by Crippen LogP contribution is 2.25. The average Bonchev–Trinajstić information content (AvgIpc) is 2.28. The number of rotatable bonds is 1. The Balaban J connectivity index is 3.23. The zero-order valence-corrected chi connectivity index (χ0v) is 8.91. The highest BCUT2D eigenvalue weighted by atomic mass is 32.2. The molecule has 0 unspecified atom stereocenters. The molecule has 84 valence electrons. The summed E-state index contributed by atoms with van der Waals surface area (Å²) >= 11 is 0.973. The molecule has 3 nitrogen and oxygen atoms in total. The second-order valence-corrected chi connectivity index (χ2v) is 3.34. The van der Waals surface area contributed by atoms with E-state index in [0.717, 1.165) is 17.8 Å². The number of halogens is 3. The second-order valence-electron chi connectivity index (χ2n) is 2.55. The fourth-order valence-corrected chi connectivity index (χ4v) is 1.22. The highest BCUT2D eigenvalue weighted by Gasteiger charge is 2.13. The Morgan fingerprint density at radius 1 is 1.38 bits per heavy atom. The predicted molar refractivity (Wildman–Crippen MR) is 55.7 cm³/mol. The molecule has 0 spiro atoms. The lowest BCUT2D eigenvalue weighted by Gasteiger charge is -2.02. The Labute approximate surface area is 94.0 Å². The van der Waals surface area contributed by atoms with E-state index in [0.29, 0.717) is 6.07 Å². The number of nitrogens with one attached hydrogen (secondary N) is 1. The first-order chi connectivity index (χ1) is 7.60. The van der Waals surface area contributed by atoms with Crippen molar-refractivity contribution < 1.29 is 13.2 Å². The summed E-state index contributed by atoms with van der Waals surface area (Å²) in [4.78, 5) is 3.48. The molecule has 7 heteroatoms. The van der Waals surface area contributed by atoms with Crippen LogP contribution in [0.2, 0.25) is 0 Å². The van der Waals surface area contributed by atoms with Crippen molar-refractivity contribution in [3.8, 4) is 6.19 Å². The Morgan fingerprint density at radius 2 is 2.00 bits per heavy atom. The number of benzene rings is 1. The molecule has 0 aliphatic carbocycles. The lowest BCUT2D eigenvalue weighted by molar-refractivity contribution is 0.498. The molecule has 0 aliphatic rings. The van der Waals surface area contributed by atoms with E-state index in [1.165, 1.54) is 0 Å². The van der Waals surface area contributed by atoms with Gasteiger partial charge in [0.25, 0.3) is 0 Å². The summed E-state index contributed by atoms with van der Waals surface area (Å²) in [5, 5.41) is 10.4. The number of nitrogens with zero attached hydrogens (tertiary/aromatic N) is 2. The van der Waals surface area contributed by atoms with E-state index >= 15 is 0 Å². The van der Waals surface area contributed by atoms with E-state index in [9.17, 15) is 13.2 Å². The van der Waals surface area contributed by atoms with Crippen molar-refractivity contribution in [1.82, 2.24) is 5.32 Å². The van der Waals surface area contributed by atoms with Gasteiger partial charge in [-0.1, -0.05) is 11.8 Å².